The Bertz CT molecular complexity index is 444. The molecule has 2 heterocycles. The molecule has 0 aromatic heterocycles. The Balaban J connectivity index is 2.32. The van der Waals surface area contributed by atoms with E-state index >= 15 is 0 Å². The first-order chi connectivity index (χ1) is 8.97. The van der Waals surface area contributed by atoms with Crippen molar-refractivity contribution in [2.24, 2.45) is 11.7 Å². The maximum atomic E-state index is 12.2. The van der Waals surface area contributed by atoms with E-state index in [1.54, 1.807) is 12.2 Å². The van der Waals surface area contributed by atoms with Gasteiger partial charge in [0, 0.05) is 0 Å². The molecular weight excluding hydrogens is 246 g/mol. The number of nitrogens with zero attached hydrogens (tertiary/aromatic N) is 2. The Morgan fingerprint density at radius 2 is 2.37 bits per heavy atom. The van der Waals surface area contributed by atoms with Crippen molar-refractivity contribution in [3.8, 4) is 0 Å². The topological polar surface area (TPSA) is 75.9 Å². The van der Waals surface area contributed by atoms with Crippen LogP contribution in [0.5, 0.6) is 0 Å². The first-order valence-corrected chi connectivity index (χ1v) is 6.32. The number of rotatable bonds is 5. The lowest BCUT2D eigenvalue weighted by Crippen LogP contribution is -2.47. The molecule has 2 aliphatic rings. The van der Waals surface area contributed by atoms with Gasteiger partial charge in [-0.1, -0.05) is 26.0 Å². The molecule has 0 aromatic carbocycles. The molecule has 2 N–H and O–H groups in total. The van der Waals surface area contributed by atoms with Crippen molar-refractivity contribution in [1.82, 2.24) is 9.96 Å². The Morgan fingerprint density at radius 3 is 2.89 bits per heavy atom. The van der Waals surface area contributed by atoms with Gasteiger partial charge in [-0.15, -0.1) is 6.58 Å². The summed E-state index contributed by atoms with van der Waals surface area (Å²) in [5.74, 6) is -0.301. The lowest BCUT2D eigenvalue weighted by Gasteiger charge is -2.29. The minimum atomic E-state index is -0.682. The van der Waals surface area contributed by atoms with Gasteiger partial charge in [0.05, 0.1) is 13.2 Å². The fourth-order valence-corrected chi connectivity index (χ4v) is 2.55. The van der Waals surface area contributed by atoms with Crippen LogP contribution in [0.25, 0.3) is 0 Å². The number of carbonyl (C=O) groups is 2. The third-order valence-electron chi connectivity index (χ3n) is 3.45. The monoisotopic (exact) mass is 265 g/mol. The number of urea groups is 1. The number of nitrogens with two attached hydrogens (primary N) is 1. The normalized spacial score (nSPS) is 25.8. The molecule has 19 heavy (non-hydrogen) atoms. The van der Waals surface area contributed by atoms with Crippen molar-refractivity contribution in [2.45, 2.75) is 25.9 Å². The molecule has 2 atom stereocenters. The van der Waals surface area contributed by atoms with E-state index in [0.29, 0.717) is 6.54 Å². The van der Waals surface area contributed by atoms with E-state index in [0.717, 1.165) is 5.57 Å². The molecule has 0 radical (unpaired) electrons. The van der Waals surface area contributed by atoms with Gasteiger partial charge in [0.15, 0.2) is 0 Å². The van der Waals surface area contributed by atoms with Crippen molar-refractivity contribution in [3.63, 3.8) is 0 Å². The summed E-state index contributed by atoms with van der Waals surface area (Å²) in [5, 5.41) is 1.33. The fraction of sp³-hybridized carbons (Fsp3) is 0.538. The van der Waals surface area contributed by atoms with Crippen LogP contribution >= 0.6 is 0 Å². The van der Waals surface area contributed by atoms with Crippen LogP contribution in [-0.2, 0) is 9.63 Å². The van der Waals surface area contributed by atoms with Gasteiger partial charge >= 0.3 is 6.03 Å². The van der Waals surface area contributed by atoms with Crippen LogP contribution in [0.1, 0.15) is 13.8 Å². The van der Waals surface area contributed by atoms with Crippen molar-refractivity contribution >= 4 is 11.9 Å². The lowest BCUT2D eigenvalue weighted by molar-refractivity contribution is -0.121. The molecule has 1 fully saturated rings. The van der Waals surface area contributed by atoms with Gasteiger partial charge in [-0.2, -0.15) is 5.06 Å². The highest BCUT2D eigenvalue weighted by Gasteiger charge is 2.48. The zero-order valence-electron chi connectivity index (χ0n) is 11.2. The molecule has 2 aliphatic heterocycles. The molecule has 104 valence electrons. The highest BCUT2D eigenvalue weighted by molar-refractivity contribution is 5.90. The summed E-state index contributed by atoms with van der Waals surface area (Å²) < 4.78 is 0. The molecule has 0 spiro atoms. The van der Waals surface area contributed by atoms with Crippen molar-refractivity contribution in [1.29, 1.82) is 0 Å². The second-order valence-electron chi connectivity index (χ2n) is 5.03. The van der Waals surface area contributed by atoms with E-state index in [-0.39, 0.29) is 24.6 Å². The van der Waals surface area contributed by atoms with E-state index in [9.17, 15) is 9.59 Å². The molecule has 0 saturated carbocycles. The Morgan fingerprint density at radius 1 is 1.68 bits per heavy atom. The summed E-state index contributed by atoms with van der Waals surface area (Å²) in [6.07, 6.45) is 3.37. The van der Waals surface area contributed by atoms with Crippen LogP contribution in [0.3, 0.4) is 0 Å². The maximum Gasteiger partial charge on any atom is 0.345 e. The van der Waals surface area contributed by atoms with Gasteiger partial charge in [0.25, 0.3) is 0 Å². The number of amides is 3. The van der Waals surface area contributed by atoms with Crippen molar-refractivity contribution in [3.05, 3.63) is 24.3 Å². The van der Waals surface area contributed by atoms with Gasteiger partial charge in [-0.3, -0.25) is 9.63 Å². The van der Waals surface area contributed by atoms with Crippen LogP contribution in [-0.4, -0.2) is 47.1 Å². The molecule has 0 unspecified atom stereocenters. The second-order valence-corrected chi connectivity index (χ2v) is 5.03. The van der Waals surface area contributed by atoms with E-state index < -0.39 is 11.9 Å². The quantitative estimate of drug-likeness (QED) is 0.742. The van der Waals surface area contributed by atoms with Crippen LogP contribution in [0.15, 0.2) is 24.3 Å². The number of hydrogen-bond acceptors (Lipinski definition) is 3. The zero-order chi connectivity index (χ0) is 14.2. The second kappa shape index (κ2) is 5.05. The zero-order valence-corrected chi connectivity index (χ0v) is 11.2. The van der Waals surface area contributed by atoms with Crippen molar-refractivity contribution in [2.75, 3.05) is 13.2 Å². The molecule has 1 saturated heterocycles. The Labute approximate surface area is 112 Å². The Hall–Kier alpha value is -1.82. The average molecular weight is 265 g/mol. The van der Waals surface area contributed by atoms with Gasteiger partial charge in [-0.25, -0.2) is 4.79 Å². The molecule has 2 bridgehead atoms. The van der Waals surface area contributed by atoms with Gasteiger partial charge < -0.3 is 10.6 Å². The van der Waals surface area contributed by atoms with Crippen LogP contribution in [0, 0.1) is 5.92 Å². The highest BCUT2D eigenvalue weighted by atomic mass is 16.7. The summed E-state index contributed by atoms with van der Waals surface area (Å²) in [4.78, 5) is 30.6. The summed E-state index contributed by atoms with van der Waals surface area (Å²) in [5.41, 5.74) is 6.38. The van der Waals surface area contributed by atoms with Crippen LogP contribution in [0.4, 0.5) is 4.79 Å². The summed E-state index contributed by atoms with van der Waals surface area (Å²) in [6, 6.07) is -1.15. The largest absolute Gasteiger partial charge is 0.368 e. The van der Waals surface area contributed by atoms with Gasteiger partial charge in [0.1, 0.15) is 12.1 Å². The number of primary amides is 1. The predicted octanol–water partition coefficient (Wildman–Crippen LogP) is 0.660. The van der Waals surface area contributed by atoms with Gasteiger partial charge in [-0.05, 0) is 11.5 Å². The highest BCUT2D eigenvalue weighted by Crippen LogP contribution is 2.33. The summed E-state index contributed by atoms with van der Waals surface area (Å²) in [6.45, 7) is 8.30. The number of hydroxylamine groups is 2. The predicted molar refractivity (Wildman–Crippen MR) is 69.8 cm³/mol. The number of hydrogen-bond donors (Lipinski definition) is 1. The molecule has 3 amide bonds. The number of fused-ring (bicyclic) bond motifs is 2. The van der Waals surface area contributed by atoms with Crippen LogP contribution in [0.2, 0.25) is 0 Å². The van der Waals surface area contributed by atoms with Gasteiger partial charge in [0.2, 0.25) is 5.91 Å². The van der Waals surface area contributed by atoms with E-state index in [4.69, 9.17) is 10.6 Å². The number of carbonyl (C=O) groups excluding carboxylic acids is 2. The molecular formula is C13H19N3O3. The molecule has 0 aromatic rings. The minimum absolute atomic E-state index is 0.150. The fourth-order valence-electron chi connectivity index (χ4n) is 2.55. The smallest absolute Gasteiger partial charge is 0.345 e. The van der Waals surface area contributed by atoms with E-state index in [1.807, 2.05) is 13.8 Å². The third-order valence-corrected chi connectivity index (χ3v) is 3.45. The first kappa shape index (κ1) is 13.6. The Kier molecular flexibility index (Phi) is 3.61. The average Bonchev–Trinajstić information content (AvgIpc) is 2.61. The maximum absolute atomic E-state index is 12.2. The molecule has 6 nitrogen and oxygen atoms in total. The minimum Gasteiger partial charge on any atom is -0.368 e. The van der Waals surface area contributed by atoms with E-state index in [2.05, 4.69) is 6.58 Å². The molecule has 6 heteroatoms. The van der Waals surface area contributed by atoms with Crippen molar-refractivity contribution < 1.29 is 14.4 Å². The lowest BCUT2D eigenvalue weighted by atomic mass is 9.91. The third kappa shape index (κ3) is 2.23. The molecule has 2 rings (SSSR count). The molecule has 0 aliphatic carbocycles. The first-order valence-electron chi connectivity index (χ1n) is 6.32. The van der Waals surface area contributed by atoms with Crippen LogP contribution < -0.4 is 5.73 Å². The SMILES string of the molecule is C=CCON1C(=O)N2C[C@H]1C(C(C)C)=C[C@H]2C(N)=O. The summed E-state index contributed by atoms with van der Waals surface area (Å²) in [7, 11) is 0. The summed E-state index contributed by atoms with van der Waals surface area (Å²) >= 11 is 0. The van der Waals surface area contributed by atoms with E-state index in [1.165, 1.54) is 9.96 Å². The standard InChI is InChI=1S/C13H19N3O3/c1-4-5-19-16-11-7-15(13(16)18)10(12(14)17)6-9(11)8(2)3/h4,6,8,10-11H,1,5,7H2,2-3H3,(H2,14,17)/t10-,11-/m0/s1.